The Morgan fingerprint density at radius 3 is 2.70 bits per heavy atom. The second kappa shape index (κ2) is 8.90. The third-order valence-corrected chi connectivity index (χ3v) is 5.27. The predicted octanol–water partition coefficient (Wildman–Crippen LogP) is 4.25. The minimum atomic E-state index is -0.398. The smallest absolute Gasteiger partial charge is 0.266 e. The van der Waals surface area contributed by atoms with E-state index in [-0.39, 0.29) is 18.6 Å². The van der Waals surface area contributed by atoms with Gasteiger partial charge in [0, 0.05) is 17.9 Å². The molecule has 7 heteroatoms. The number of halogens is 1. The van der Waals surface area contributed by atoms with Crippen LogP contribution in [-0.2, 0) is 4.79 Å². The molecule has 3 rings (SSSR count). The van der Waals surface area contributed by atoms with Gasteiger partial charge in [-0.2, -0.15) is 0 Å². The van der Waals surface area contributed by atoms with Crippen LogP contribution in [0.5, 0.6) is 11.5 Å². The first-order chi connectivity index (χ1) is 13.1. The standard InChI is InChI=1S/C20H21FN2O3S/c1-3-16-13-27-20(22-15-7-9-17(25-2)10-8-15)23(16)19(24)12-26-18-6-4-5-14(21)11-18/h4-11,16H,3,12-13H2,1-2H3/t16-/m0/s1. The van der Waals surface area contributed by atoms with Gasteiger partial charge in [-0.05, 0) is 42.8 Å². The third-order valence-electron chi connectivity index (χ3n) is 4.17. The van der Waals surface area contributed by atoms with Crippen molar-refractivity contribution in [2.24, 2.45) is 4.99 Å². The molecular formula is C20H21FN2O3S. The van der Waals surface area contributed by atoms with Gasteiger partial charge in [-0.1, -0.05) is 24.8 Å². The molecule has 0 radical (unpaired) electrons. The van der Waals surface area contributed by atoms with Crippen molar-refractivity contribution in [1.29, 1.82) is 0 Å². The Bertz CT molecular complexity index is 826. The molecule has 0 unspecified atom stereocenters. The molecule has 1 heterocycles. The van der Waals surface area contributed by atoms with Crippen molar-refractivity contribution < 1.29 is 18.7 Å². The fourth-order valence-corrected chi connectivity index (χ4v) is 3.99. The van der Waals surface area contributed by atoms with E-state index >= 15 is 0 Å². The number of aliphatic imine (C=N–C) groups is 1. The van der Waals surface area contributed by atoms with Gasteiger partial charge in [-0.15, -0.1) is 0 Å². The lowest BCUT2D eigenvalue weighted by atomic mass is 10.2. The molecule has 0 spiro atoms. The molecule has 27 heavy (non-hydrogen) atoms. The molecular weight excluding hydrogens is 367 g/mol. The molecule has 2 aromatic rings. The number of carbonyl (C=O) groups excluding carboxylic acids is 1. The SMILES string of the molecule is CC[C@H]1CSC(=Nc2ccc(OC)cc2)N1C(=O)COc1cccc(F)c1. The number of benzene rings is 2. The summed E-state index contributed by atoms with van der Waals surface area (Å²) in [7, 11) is 1.61. The topological polar surface area (TPSA) is 51.1 Å². The van der Waals surface area contributed by atoms with Crippen molar-refractivity contribution in [3.05, 3.63) is 54.3 Å². The van der Waals surface area contributed by atoms with Crippen LogP contribution in [-0.4, -0.2) is 41.5 Å². The normalized spacial score (nSPS) is 18.0. The highest BCUT2D eigenvalue weighted by atomic mass is 32.2. The first kappa shape index (κ1) is 19.2. The van der Waals surface area contributed by atoms with E-state index in [1.165, 1.54) is 12.1 Å². The van der Waals surface area contributed by atoms with Crippen molar-refractivity contribution >= 4 is 28.5 Å². The zero-order valence-electron chi connectivity index (χ0n) is 15.2. The van der Waals surface area contributed by atoms with Crippen molar-refractivity contribution in [2.75, 3.05) is 19.5 Å². The Morgan fingerprint density at radius 2 is 2.04 bits per heavy atom. The molecule has 1 fully saturated rings. The average Bonchev–Trinajstić information content (AvgIpc) is 3.09. The third kappa shape index (κ3) is 4.80. The maximum absolute atomic E-state index is 13.3. The molecule has 1 amide bonds. The number of nitrogens with zero attached hydrogens (tertiary/aromatic N) is 2. The van der Waals surface area contributed by atoms with Crippen LogP contribution in [0.3, 0.4) is 0 Å². The number of thioether (sulfide) groups is 1. The van der Waals surface area contributed by atoms with Crippen LogP contribution in [0.25, 0.3) is 0 Å². The fraction of sp³-hybridized carbons (Fsp3) is 0.300. The zero-order valence-corrected chi connectivity index (χ0v) is 16.0. The minimum absolute atomic E-state index is 0.0654. The van der Waals surface area contributed by atoms with Gasteiger partial charge in [-0.25, -0.2) is 9.38 Å². The van der Waals surface area contributed by atoms with E-state index < -0.39 is 5.82 Å². The number of rotatable bonds is 6. The van der Waals surface area contributed by atoms with E-state index in [4.69, 9.17) is 9.47 Å². The molecule has 0 saturated carbocycles. The minimum Gasteiger partial charge on any atom is -0.497 e. The Morgan fingerprint density at radius 1 is 1.26 bits per heavy atom. The molecule has 5 nitrogen and oxygen atoms in total. The summed E-state index contributed by atoms with van der Waals surface area (Å²) in [6, 6.07) is 13.2. The number of hydrogen-bond acceptors (Lipinski definition) is 5. The van der Waals surface area contributed by atoms with E-state index in [9.17, 15) is 9.18 Å². The lowest BCUT2D eigenvalue weighted by Crippen LogP contribution is -2.41. The van der Waals surface area contributed by atoms with Crippen LogP contribution in [0.4, 0.5) is 10.1 Å². The van der Waals surface area contributed by atoms with Crippen LogP contribution in [0.2, 0.25) is 0 Å². The van der Waals surface area contributed by atoms with Gasteiger partial charge in [0.1, 0.15) is 17.3 Å². The van der Waals surface area contributed by atoms with Gasteiger partial charge < -0.3 is 9.47 Å². The van der Waals surface area contributed by atoms with Crippen molar-refractivity contribution in [1.82, 2.24) is 4.90 Å². The first-order valence-electron chi connectivity index (χ1n) is 8.66. The summed E-state index contributed by atoms with van der Waals surface area (Å²) in [6.07, 6.45) is 0.820. The first-order valence-corrected chi connectivity index (χ1v) is 9.65. The molecule has 142 valence electrons. The monoisotopic (exact) mass is 388 g/mol. The quantitative estimate of drug-likeness (QED) is 0.742. The van der Waals surface area contributed by atoms with Crippen molar-refractivity contribution in [3.8, 4) is 11.5 Å². The average molecular weight is 388 g/mol. The Balaban J connectivity index is 1.74. The van der Waals surface area contributed by atoms with Crippen LogP contribution < -0.4 is 9.47 Å². The number of amides is 1. The Kier molecular flexibility index (Phi) is 6.34. The zero-order chi connectivity index (χ0) is 19.2. The van der Waals surface area contributed by atoms with Crippen molar-refractivity contribution in [2.45, 2.75) is 19.4 Å². The van der Waals surface area contributed by atoms with E-state index in [1.807, 2.05) is 31.2 Å². The highest BCUT2D eigenvalue weighted by Crippen LogP contribution is 2.29. The molecule has 0 aliphatic carbocycles. The number of carbonyl (C=O) groups is 1. The van der Waals surface area contributed by atoms with Gasteiger partial charge in [0.05, 0.1) is 12.8 Å². The summed E-state index contributed by atoms with van der Waals surface area (Å²) in [5, 5.41) is 0.653. The lowest BCUT2D eigenvalue weighted by molar-refractivity contribution is -0.130. The summed E-state index contributed by atoms with van der Waals surface area (Å²) in [6.45, 7) is 1.87. The molecule has 1 aliphatic heterocycles. The van der Waals surface area contributed by atoms with Crippen LogP contribution in [0, 0.1) is 5.82 Å². The molecule has 2 aromatic carbocycles. The van der Waals surface area contributed by atoms with Crippen LogP contribution >= 0.6 is 11.8 Å². The van der Waals surface area contributed by atoms with E-state index in [2.05, 4.69) is 4.99 Å². The van der Waals surface area contributed by atoms with E-state index in [0.717, 1.165) is 23.6 Å². The molecule has 0 bridgehead atoms. The van der Waals surface area contributed by atoms with Crippen LogP contribution in [0.15, 0.2) is 53.5 Å². The molecule has 0 aromatic heterocycles. The fourth-order valence-electron chi connectivity index (χ4n) is 2.71. The number of methoxy groups -OCH3 is 1. The van der Waals surface area contributed by atoms with E-state index in [0.29, 0.717) is 10.9 Å². The van der Waals surface area contributed by atoms with Crippen molar-refractivity contribution in [3.63, 3.8) is 0 Å². The highest BCUT2D eigenvalue weighted by Gasteiger charge is 2.34. The molecule has 0 N–H and O–H groups in total. The van der Waals surface area contributed by atoms with Crippen LogP contribution in [0.1, 0.15) is 13.3 Å². The number of ether oxygens (including phenoxy) is 2. The maximum Gasteiger partial charge on any atom is 0.266 e. The van der Waals surface area contributed by atoms with Gasteiger partial charge in [-0.3, -0.25) is 9.69 Å². The summed E-state index contributed by atoms with van der Waals surface area (Å²) < 4.78 is 23.9. The lowest BCUT2D eigenvalue weighted by Gasteiger charge is -2.23. The van der Waals surface area contributed by atoms with Gasteiger partial charge in [0.25, 0.3) is 5.91 Å². The van der Waals surface area contributed by atoms with E-state index in [1.54, 1.807) is 35.9 Å². The largest absolute Gasteiger partial charge is 0.497 e. The summed E-state index contributed by atoms with van der Waals surface area (Å²) in [4.78, 5) is 19.1. The predicted molar refractivity (Wildman–Crippen MR) is 105 cm³/mol. The van der Waals surface area contributed by atoms with Gasteiger partial charge in [0.15, 0.2) is 11.8 Å². The van der Waals surface area contributed by atoms with Gasteiger partial charge in [0.2, 0.25) is 0 Å². The molecule has 1 aliphatic rings. The highest BCUT2D eigenvalue weighted by molar-refractivity contribution is 8.14. The second-order valence-corrected chi connectivity index (χ2v) is 6.96. The number of hydrogen-bond donors (Lipinski definition) is 0. The molecule has 1 atom stereocenters. The summed E-state index contributed by atoms with van der Waals surface area (Å²) >= 11 is 1.55. The Hall–Kier alpha value is -2.54. The summed E-state index contributed by atoms with van der Waals surface area (Å²) in [5.41, 5.74) is 0.749. The van der Waals surface area contributed by atoms with Gasteiger partial charge >= 0.3 is 0 Å². The summed E-state index contributed by atoms with van der Waals surface area (Å²) in [5.74, 6) is 1.28. The Labute approximate surface area is 162 Å². The maximum atomic E-state index is 13.3. The molecule has 1 saturated heterocycles. The second-order valence-electron chi connectivity index (χ2n) is 5.98. The number of amidine groups is 1.